The number of hydrogen-bond donors (Lipinski definition) is 4. The molecule has 2 aromatic heterocycles. The van der Waals surface area contributed by atoms with E-state index in [9.17, 15) is 15.0 Å². The van der Waals surface area contributed by atoms with E-state index in [1.165, 1.54) is 0 Å². The normalized spacial score (nSPS) is 10.4. The minimum Gasteiger partial charge on any atom is -0.507 e. The second kappa shape index (κ2) is 11.2. The summed E-state index contributed by atoms with van der Waals surface area (Å²) in [6.07, 6.45) is 3.33. The minimum absolute atomic E-state index is 0.123. The molecule has 0 spiro atoms. The van der Waals surface area contributed by atoms with Crippen molar-refractivity contribution in [3.8, 4) is 39.8 Å². The van der Waals surface area contributed by atoms with Crippen LogP contribution in [0.25, 0.3) is 22.5 Å². The highest BCUT2D eigenvalue weighted by atomic mass is 16.5. The monoisotopic (exact) mass is 512 g/mol. The van der Waals surface area contributed by atoms with Gasteiger partial charge in [0.25, 0.3) is 5.91 Å². The average molecular weight is 513 g/mol. The lowest BCUT2D eigenvalue weighted by molar-refractivity contribution is 0.102. The van der Waals surface area contributed by atoms with E-state index in [0.717, 1.165) is 11.4 Å². The molecule has 0 atom stereocenters. The number of benzene rings is 3. The van der Waals surface area contributed by atoms with Crippen LogP contribution in [0.4, 0.5) is 11.4 Å². The largest absolute Gasteiger partial charge is 0.507 e. The minimum atomic E-state index is -0.254. The number of carbonyl (C=O) groups is 1. The number of aromatic nitrogens is 4. The molecule has 3 aromatic carbocycles. The van der Waals surface area contributed by atoms with Crippen LogP contribution in [0.1, 0.15) is 10.4 Å². The molecule has 194 valence electrons. The molecule has 0 saturated carbocycles. The molecule has 5 aromatic rings. The molecule has 0 unspecified atom stereocenters. The first kappa shape index (κ1) is 25.8. The van der Waals surface area contributed by atoms with E-state index in [2.05, 4.69) is 15.5 Å². The van der Waals surface area contributed by atoms with Crippen LogP contribution in [0.5, 0.6) is 17.2 Å². The van der Waals surface area contributed by atoms with Crippen LogP contribution in [0, 0.1) is 0 Å². The molecule has 0 bridgehead atoms. The fourth-order valence-corrected chi connectivity index (χ4v) is 3.82. The number of rotatable bonds is 5. The average Bonchev–Trinajstić information content (AvgIpc) is 3.54. The molecule has 0 aliphatic carbocycles. The lowest BCUT2D eigenvalue weighted by atomic mass is 10.1. The molecule has 10 heteroatoms. The molecule has 5 rings (SSSR count). The van der Waals surface area contributed by atoms with Gasteiger partial charge in [0.2, 0.25) is 0 Å². The molecule has 0 radical (unpaired) electrons. The number of nitrogens with one attached hydrogen (secondary N) is 1. The molecule has 2 heterocycles. The summed E-state index contributed by atoms with van der Waals surface area (Å²) in [6.45, 7) is 0. The second-order valence-corrected chi connectivity index (χ2v) is 8.37. The van der Waals surface area contributed by atoms with Crippen LogP contribution in [0.2, 0.25) is 0 Å². The summed E-state index contributed by atoms with van der Waals surface area (Å²) in [7, 11) is 5.16. The van der Waals surface area contributed by atoms with Crippen molar-refractivity contribution in [2.45, 2.75) is 0 Å². The maximum Gasteiger partial charge on any atom is 0.255 e. The Labute approximate surface area is 219 Å². The number of nitrogen functional groups attached to an aromatic ring is 1. The van der Waals surface area contributed by atoms with Gasteiger partial charge in [0.1, 0.15) is 17.2 Å². The van der Waals surface area contributed by atoms with Crippen molar-refractivity contribution < 1.29 is 19.7 Å². The zero-order valence-corrected chi connectivity index (χ0v) is 21.2. The quantitative estimate of drug-likeness (QED) is 0.202. The van der Waals surface area contributed by atoms with Crippen molar-refractivity contribution in [1.29, 1.82) is 0 Å². The van der Waals surface area contributed by atoms with Crippen molar-refractivity contribution in [3.05, 3.63) is 90.8 Å². The van der Waals surface area contributed by atoms with Crippen molar-refractivity contribution in [2.24, 2.45) is 14.1 Å². The lowest BCUT2D eigenvalue weighted by Gasteiger charge is -2.10. The maximum absolute atomic E-state index is 12.4. The molecule has 1 amide bonds. The van der Waals surface area contributed by atoms with E-state index >= 15 is 0 Å². The molecule has 0 aliphatic heterocycles. The Kier molecular flexibility index (Phi) is 7.62. The van der Waals surface area contributed by atoms with Gasteiger partial charge in [-0.25, -0.2) is 0 Å². The number of hydrogen-bond acceptors (Lipinski definition) is 7. The third-order valence-electron chi connectivity index (χ3n) is 5.80. The first-order valence-electron chi connectivity index (χ1n) is 11.6. The highest BCUT2D eigenvalue weighted by Gasteiger charge is 2.12. The summed E-state index contributed by atoms with van der Waals surface area (Å²) in [5, 5.41) is 30.7. The standard InChI is InChI=1S/C18H17N3O3.C10H11N3O/c1-21-16(8-9-19-21)15-11-13(6-7-17(15)22)20-18(23)12-4-3-5-14(10-12)24-2;1-13-9(4-5-12-13)8-6-7(11)2-3-10(8)14/h3-11,22H,1-2H3,(H,20,23);2-6,14H,11H2,1H3. The lowest BCUT2D eigenvalue weighted by Crippen LogP contribution is -2.12. The second-order valence-electron chi connectivity index (χ2n) is 8.37. The van der Waals surface area contributed by atoms with Crippen molar-refractivity contribution >= 4 is 17.3 Å². The molecule has 0 fully saturated rings. The Morgan fingerprint density at radius 1 is 0.842 bits per heavy atom. The summed E-state index contributed by atoms with van der Waals surface area (Å²) < 4.78 is 8.47. The predicted octanol–water partition coefficient (Wildman–Crippen LogP) is 4.43. The number of phenols is 2. The van der Waals surface area contributed by atoms with E-state index < -0.39 is 0 Å². The number of methoxy groups -OCH3 is 1. The third-order valence-corrected chi connectivity index (χ3v) is 5.80. The first-order chi connectivity index (χ1) is 18.3. The molecule has 0 aliphatic rings. The Morgan fingerprint density at radius 3 is 2.03 bits per heavy atom. The summed E-state index contributed by atoms with van der Waals surface area (Å²) in [5.74, 6) is 0.695. The van der Waals surface area contributed by atoms with Crippen LogP contribution in [-0.4, -0.2) is 42.8 Å². The van der Waals surface area contributed by atoms with Crippen LogP contribution in [0.15, 0.2) is 85.2 Å². The summed E-state index contributed by atoms with van der Waals surface area (Å²) in [5.41, 5.74) is 10.2. The molecular weight excluding hydrogens is 484 g/mol. The number of nitrogens with two attached hydrogens (primary N) is 1. The van der Waals surface area contributed by atoms with E-state index in [-0.39, 0.29) is 17.4 Å². The fourth-order valence-electron chi connectivity index (χ4n) is 3.82. The highest BCUT2D eigenvalue weighted by Crippen LogP contribution is 2.32. The van der Waals surface area contributed by atoms with E-state index in [0.29, 0.717) is 33.8 Å². The number of ether oxygens (including phenoxy) is 1. The summed E-state index contributed by atoms with van der Waals surface area (Å²) >= 11 is 0. The van der Waals surface area contributed by atoms with Gasteiger partial charge in [0, 0.05) is 54.6 Å². The van der Waals surface area contributed by atoms with Gasteiger partial charge in [-0.15, -0.1) is 0 Å². The van der Waals surface area contributed by atoms with Gasteiger partial charge < -0.3 is 26.0 Å². The maximum atomic E-state index is 12.4. The van der Waals surface area contributed by atoms with Crippen molar-refractivity contribution in [3.63, 3.8) is 0 Å². The zero-order valence-electron chi connectivity index (χ0n) is 21.2. The van der Waals surface area contributed by atoms with Gasteiger partial charge >= 0.3 is 0 Å². The SMILES string of the molecule is COc1cccc(C(=O)Nc2ccc(O)c(-c3ccnn3C)c2)c1.Cn1nccc1-c1cc(N)ccc1O. The Balaban J connectivity index is 0.000000204. The topological polar surface area (TPSA) is 140 Å². The smallest absolute Gasteiger partial charge is 0.255 e. The van der Waals surface area contributed by atoms with E-state index in [1.54, 1.807) is 103 Å². The van der Waals surface area contributed by atoms with E-state index in [1.807, 2.05) is 13.1 Å². The number of anilines is 2. The fraction of sp³-hybridized carbons (Fsp3) is 0.107. The van der Waals surface area contributed by atoms with Crippen LogP contribution >= 0.6 is 0 Å². The Morgan fingerprint density at radius 2 is 1.45 bits per heavy atom. The number of aromatic hydroxyl groups is 2. The van der Waals surface area contributed by atoms with Gasteiger partial charge in [-0.3, -0.25) is 14.2 Å². The molecule has 0 saturated heterocycles. The van der Waals surface area contributed by atoms with Crippen molar-refractivity contribution in [1.82, 2.24) is 19.6 Å². The summed E-state index contributed by atoms with van der Waals surface area (Å²) in [4.78, 5) is 12.4. The Bertz CT molecular complexity index is 1570. The molecular formula is C28H28N6O4. The molecule has 5 N–H and O–H groups in total. The number of carbonyl (C=O) groups excluding carboxylic acids is 1. The highest BCUT2D eigenvalue weighted by molar-refractivity contribution is 6.04. The predicted molar refractivity (Wildman–Crippen MR) is 146 cm³/mol. The van der Waals surface area contributed by atoms with Gasteiger partial charge in [0.05, 0.1) is 18.5 Å². The number of amides is 1. The van der Waals surface area contributed by atoms with Crippen LogP contribution in [-0.2, 0) is 14.1 Å². The van der Waals surface area contributed by atoms with Gasteiger partial charge in [-0.1, -0.05) is 6.07 Å². The van der Waals surface area contributed by atoms with Gasteiger partial charge in [-0.05, 0) is 66.7 Å². The molecule has 10 nitrogen and oxygen atoms in total. The first-order valence-corrected chi connectivity index (χ1v) is 11.6. The number of phenolic OH excluding ortho intramolecular Hbond substituents is 2. The molecule has 38 heavy (non-hydrogen) atoms. The van der Waals surface area contributed by atoms with Crippen LogP contribution in [0.3, 0.4) is 0 Å². The van der Waals surface area contributed by atoms with Crippen LogP contribution < -0.4 is 15.8 Å². The number of nitrogens with zero attached hydrogens (tertiary/aromatic N) is 4. The number of aryl methyl sites for hydroxylation is 2. The third kappa shape index (κ3) is 5.76. The zero-order chi connectivity index (χ0) is 27.2. The van der Waals surface area contributed by atoms with Gasteiger partial charge in [-0.2, -0.15) is 10.2 Å². The van der Waals surface area contributed by atoms with E-state index in [4.69, 9.17) is 10.5 Å². The summed E-state index contributed by atoms with van der Waals surface area (Å²) in [6, 6.07) is 20.4. The van der Waals surface area contributed by atoms with Crippen molar-refractivity contribution in [2.75, 3.05) is 18.2 Å². The Hall–Kier alpha value is -5.25. The van der Waals surface area contributed by atoms with Gasteiger partial charge in [0.15, 0.2) is 0 Å².